The van der Waals surface area contributed by atoms with E-state index in [4.69, 9.17) is 9.84 Å². The molecule has 1 N–H and O–H groups in total. The molecule has 0 saturated heterocycles. The first-order valence-corrected chi connectivity index (χ1v) is 5.03. The third-order valence-electron chi connectivity index (χ3n) is 2.41. The number of pyridine rings is 1. The summed E-state index contributed by atoms with van der Waals surface area (Å²) >= 11 is 0. The molecule has 0 bridgehead atoms. The van der Waals surface area contributed by atoms with Crippen LogP contribution in [0.3, 0.4) is 0 Å². The lowest BCUT2D eigenvalue weighted by molar-refractivity contribution is 0.282. The van der Waals surface area contributed by atoms with Crippen LogP contribution < -0.4 is 4.74 Å². The number of ether oxygens (including phenoxy) is 1. The molecule has 2 aromatic rings. The molecule has 1 aromatic carbocycles. The first-order chi connectivity index (χ1) is 7.83. The van der Waals surface area contributed by atoms with Gasteiger partial charge in [0.15, 0.2) is 0 Å². The molecule has 3 nitrogen and oxygen atoms in total. The zero-order chi connectivity index (χ0) is 11.4. The van der Waals surface area contributed by atoms with E-state index in [2.05, 4.69) is 4.98 Å². The van der Waals surface area contributed by atoms with Gasteiger partial charge in [-0.2, -0.15) is 0 Å². The molecule has 1 heterocycles. The van der Waals surface area contributed by atoms with Crippen molar-refractivity contribution in [3.63, 3.8) is 0 Å². The summed E-state index contributed by atoms with van der Waals surface area (Å²) < 4.78 is 5.07. The molecular weight excluding hydrogens is 202 g/mol. The largest absolute Gasteiger partial charge is 0.481 e. The Balaban J connectivity index is 2.34. The maximum atomic E-state index is 8.95. The van der Waals surface area contributed by atoms with Crippen LogP contribution in [0.1, 0.15) is 5.56 Å². The Morgan fingerprint density at radius 3 is 2.50 bits per heavy atom. The Morgan fingerprint density at radius 1 is 1.12 bits per heavy atom. The predicted octanol–water partition coefficient (Wildman–Crippen LogP) is 2.25. The van der Waals surface area contributed by atoms with E-state index in [1.165, 1.54) is 0 Å². The van der Waals surface area contributed by atoms with Gasteiger partial charge in [0.25, 0.3) is 0 Å². The van der Waals surface area contributed by atoms with E-state index in [9.17, 15) is 0 Å². The standard InChI is InChI=1S/C13H13NO2/c1-16-13-8-12(6-7-14-13)11-4-2-10(9-15)3-5-11/h2-8,15H,9H2,1H3. The summed E-state index contributed by atoms with van der Waals surface area (Å²) in [5.74, 6) is 0.601. The Bertz CT molecular complexity index is 466. The lowest BCUT2D eigenvalue weighted by Gasteiger charge is -2.04. The van der Waals surface area contributed by atoms with E-state index in [1.54, 1.807) is 13.3 Å². The van der Waals surface area contributed by atoms with Crippen molar-refractivity contribution in [2.24, 2.45) is 0 Å². The fourth-order valence-corrected chi connectivity index (χ4v) is 1.50. The molecule has 0 radical (unpaired) electrons. The minimum absolute atomic E-state index is 0.0694. The summed E-state index contributed by atoms with van der Waals surface area (Å²) in [6.07, 6.45) is 1.72. The van der Waals surface area contributed by atoms with Crippen molar-refractivity contribution < 1.29 is 9.84 Å². The molecule has 1 aromatic heterocycles. The second-order valence-corrected chi connectivity index (χ2v) is 3.44. The van der Waals surface area contributed by atoms with Crippen LogP contribution in [0.2, 0.25) is 0 Å². The zero-order valence-electron chi connectivity index (χ0n) is 9.05. The summed E-state index contributed by atoms with van der Waals surface area (Å²) in [7, 11) is 1.60. The highest BCUT2D eigenvalue weighted by Gasteiger charge is 2.00. The van der Waals surface area contributed by atoms with E-state index in [-0.39, 0.29) is 6.61 Å². The number of hydrogen-bond donors (Lipinski definition) is 1. The number of aliphatic hydroxyl groups excluding tert-OH is 1. The fourth-order valence-electron chi connectivity index (χ4n) is 1.50. The topological polar surface area (TPSA) is 42.4 Å². The fraction of sp³-hybridized carbons (Fsp3) is 0.154. The Labute approximate surface area is 94.3 Å². The van der Waals surface area contributed by atoms with Gasteiger partial charge in [0.2, 0.25) is 5.88 Å². The van der Waals surface area contributed by atoms with Gasteiger partial charge in [-0.1, -0.05) is 24.3 Å². The minimum Gasteiger partial charge on any atom is -0.481 e. The molecular formula is C13H13NO2. The highest BCUT2D eigenvalue weighted by molar-refractivity contribution is 5.64. The molecule has 0 atom stereocenters. The van der Waals surface area contributed by atoms with Gasteiger partial charge in [0.1, 0.15) is 0 Å². The third-order valence-corrected chi connectivity index (χ3v) is 2.41. The van der Waals surface area contributed by atoms with Crippen molar-refractivity contribution in [2.75, 3.05) is 7.11 Å². The minimum atomic E-state index is 0.0694. The predicted molar refractivity (Wildman–Crippen MR) is 62.1 cm³/mol. The van der Waals surface area contributed by atoms with Crippen LogP contribution in [0, 0.1) is 0 Å². The third kappa shape index (κ3) is 2.20. The molecule has 0 aliphatic heterocycles. The normalized spacial score (nSPS) is 10.1. The summed E-state index contributed by atoms with van der Waals surface area (Å²) in [6, 6.07) is 11.6. The van der Waals surface area contributed by atoms with Gasteiger partial charge >= 0.3 is 0 Å². The molecule has 0 fully saturated rings. The summed E-state index contributed by atoms with van der Waals surface area (Å²) in [6.45, 7) is 0.0694. The number of nitrogens with zero attached hydrogens (tertiary/aromatic N) is 1. The monoisotopic (exact) mass is 215 g/mol. The van der Waals surface area contributed by atoms with Gasteiger partial charge in [-0.25, -0.2) is 4.98 Å². The summed E-state index contributed by atoms with van der Waals surface area (Å²) in [4.78, 5) is 4.05. The van der Waals surface area contributed by atoms with Crippen LogP contribution >= 0.6 is 0 Å². The average Bonchev–Trinajstić information content (AvgIpc) is 2.39. The number of aliphatic hydroxyl groups is 1. The first-order valence-electron chi connectivity index (χ1n) is 5.03. The molecule has 0 aliphatic rings. The lowest BCUT2D eigenvalue weighted by Crippen LogP contribution is -1.88. The van der Waals surface area contributed by atoms with Crippen molar-refractivity contribution >= 4 is 0 Å². The maximum absolute atomic E-state index is 8.95. The molecule has 0 unspecified atom stereocenters. The van der Waals surface area contributed by atoms with Crippen molar-refractivity contribution in [1.82, 2.24) is 4.98 Å². The summed E-state index contributed by atoms with van der Waals surface area (Å²) in [5, 5.41) is 8.95. The van der Waals surface area contributed by atoms with Crippen LogP contribution in [0.5, 0.6) is 5.88 Å². The maximum Gasteiger partial charge on any atom is 0.213 e. The molecule has 2 rings (SSSR count). The van der Waals surface area contributed by atoms with Gasteiger partial charge in [-0.05, 0) is 22.8 Å². The van der Waals surface area contributed by atoms with Crippen LogP contribution in [0.15, 0.2) is 42.6 Å². The molecule has 16 heavy (non-hydrogen) atoms. The smallest absolute Gasteiger partial charge is 0.213 e. The highest BCUT2D eigenvalue weighted by atomic mass is 16.5. The SMILES string of the molecule is COc1cc(-c2ccc(CO)cc2)ccn1. The van der Waals surface area contributed by atoms with Crippen molar-refractivity contribution in [3.05, 3.63) is 48.2 Å². The molecule has 0 aliphatic carbocycles. The van der Waals surface area contributed by atoms with Crippen molar-refractivity contribution in [2.45, 2.75) is 6.61 Å². The Kier molecular flexibility index (Phi) is 3.17. The number of benzene rings is 1. The number of rotatable bonds is 3. The average molecular weight is 215 g/mol. The second-order valence-electron chi connectivity index (χ2n) is 3.44. The van der Waals surface area contributed by atoms with Crippen molar-refractivity contribution in [3.8, 4) is 17.0 Å². The van der Waals surface area contributed by atoms with Gasteiger partial charge in [-0.3, -0.25) is 0 Å². The Morgan fingerprint density at radius 2 is 1.88 bits per heavy atom. The molecule has 3 heteroatoms. The Hall–Kier alpha value is -1.87. The summed E-state index contributed by atoms with van der Waals surface area (Å²) in [5.41, 5.74) is 3.04. The van der Waals surface area contributed by atoms with E-state index < -0.39 is 0 Å². The molecule has 82 valence electrons. The number of methoxy groups -OCH3 is 1. The van der Waals surface area contributed by atoms with Gasteiger partial charge < -0.3 is 9.84 Å². The lowest BCUT2D eigenvalue weighted by atomic mass is 10.1. The van der Waals surface area contributed by atoms with Crippen molar-refractivity contribution in [1.29, 1.82) is 0 Å². The molecule has 0 saturated carbocycles. The zero-order valence-corrected chi connectivity index (χ0v) is 9.05. The van der Waals surface area contributed by atoms with E-state index in [1.807, 2.05) is 36.4 Å². The first kappa shape index (κ1) is 10.6. The second kappa shape index (κ2) is 4.77. The van der Waals surface area contributed by atoms with Crippen LogP contribution in [-0.4, -0.2) is 17.2 Å². The molecule has 0 amide bonds. The van der Waals surface area contributed by atoms with E-state index >= 15 is 0 Å². The highest BCUT2D eigenvalue weighted by Crippen LogP contribution is 2.22. The quantitative estimate of drug-likeness (QED) is 0.853. The van der Waals surface area contributed by atoms with Gasteiger partial charge in [0.05, 0.1) is 13.7 Å². The number of aromatic nitrogens is 1. The number of hydrogen-bond acceptors (Lipinski definition) is 3. The van der Waals surface area contributed by atoms with Crippen LogP contribution in [0.4, 0.5) is 0 Å². The van der Waals surface area contributed by atoms with E-state index in [0.717, 1.165) is 16.7 Å². The van der Waals surface area contributed by atoms with Crippen LogP contribution in [-0.2, 0) is 6.61 Å². The molecule has 0 spiro atoms. The van der Waals surface area contributed by atoms with Gasteiger partial charge in [-0.15, -0.1) is 0 Å². The van der Waals surface area contributed by atoms with Gasteiger partial charge in [0, 0.05) is 12.3 Å². The van der Waals surface area contributed by atoms with E-state index in [0.29, 0.717) is 5.88 Å². The van der Waals surface area contributed by atoms with Crippen LogP contribution in [0.25, 0.3) is 11.1 Å².